The van der Waals surface area contributed by atoms with Gasteiger partial charge in [-0.3, -0.25) is 4.79 Å². The van der Waals surface area contributed by atoms with Gasteiger partial charge < -0.3 is 16.4 Å². The van der Waals surface area contributed by atoms with E-state index < -0.39 is 11.9 Å². The van der Waals surface area contributed by atoms with E-state index in [0.717, 1.165) is 13.1 Å². The molecular formula is C11H25N3O. The third-order valence-electron chi connectivity index (χ3n) is 2.42. The molecule has 0 aliphatic heterocycles. The molecule has 1 atom stereocenters. The van der Waals surface area contributed by atoms with Crippen LogP contribution in [0, 0.1) is 5.92 Å². The minimum Gasteiger partial charge on any atom is -0.368 e. The maximum atomic E-state index is 10.8. The molecule has 4 N–H and O–H groups in total. The van der Waals surface area contributed by atoms with Gasteiger partial charge >= 0.3 is 0 Å². The number of carbonyl (C=O) groups is 1. The Balaban J connectivity index is 4.01. The van der Waals surface area contributed by atoms with Crippen molar-refractivity contribution in [3.05, 3.63) is 0 Å². The van der Waals surface area contributed by atoms with Crippen molar-refractivity contribution in [2.45, 2.75) is 46.2 Å². The number of hydrogen-bond acceptors (Lipinski definition) is 3. The highest BCUT2D eigenvalue weighted by Gasteiger charge is 2.15. The molecule has 0 rings (SSSR count). The van der Waals surface area contributed by atoms with Gasteiger partial charge in [0, 0.05) is 19.1 Å². The Labute approximate surface area is 93.0 Å². The largest absolute Gasteiger partial charge is 0.368 e. The second-order valence-corrected chi connectivity index (χ2v) is 4.78. The Morgan fingerprint density at radius 1 is 1.27 bits per heavy atom. The first-order valence-electron chi connectivity index (χ1n) is 5.63. The van der Waals surface area contributed by atoms with Crippen molar-refractivity contribution in [2.24, 2.45) is 17.4 Å². The number of amides is 1. The van der Waals surface area contributed by atoms with Gasteiger partial charge in [0.2, 0.25) is 5.91 Å². The van der Waals surface area contributed by atoms with E-state index in [1.54, 1.807) is 0 Å². The van der Waals surface area contributed by atoms with Crippen molar-refractivity contribution in [2.75, 3.05) is 13.1 Å². The lowest BCUT2D eigenvalue weighted by Gasteiger charge is -2.28. The van der Waals surface area contributed by atoms with Crippen LogP contribution in [0.1, 0.15) is 34.1 Å². The van der Waals surface area contributed by atoms with Crippen LogP contribution >= 0.6 is 0 Å². The summed E-state index contributed by atoms with van der Waals surface area (Å²) in [5.74, 6) is 0.209. The zero-order valence-corrected chi connectivity index (χ0v) is 10.4. The van der Waals surface area contributed by atoms with Gasteiger partial charge in [-0.1, -0.05) is 13.8 Å². The molecule has 0 aromatic carbocycles. The van der Waals surface area contributed by atoms with Crippen LogP contribution in [0.25, 0.3) is 0 Å². The SMILES string of the molecule is CC(C)CN(CCC(N)C(N)=O)C(C)C. The van der Waals surface area contributed by atoms with Crippen molar-refractivity contribution >= 4 is 5.91 Å². The number of nitrogens with two attached hydrogens (primary N) is 2. The average molecular weight is 215 g/mol. The zero-order chi connectivity index (χ0) is 12.0. The topological polar surface area (TPSA) is 72.3 Å². The first-order valence-corrected chi connectivity index (χ1v) is 5.63. The number of primary amides is 1. The average Bonchev–Trinajstić information content (AvgIpc) is 2.10. The van der Waals surface area contributed by atoms with Crippen LogP contribution in [-0.4, -0.2) is 36.0 Å². The van der Waals surface area contributed by atoms with Gasteiger partial charge in [-0.2, -0.15) is 0 Å². The standard InChI is InChI=1S/C11H25N3O/c1-8(2)7-14(9(3)4)6-5-10(12)11(13)15/h8-10H,5-7,12H2,1-4H3,(H2,13,15). The molecule has 0 fully saturated rings. The van der Waals surface area contributed by atoms with Crippen molar-refractivity contribution in [3.8, 4) is 0 Å². The second-order valence-electron chi connectivity index (χ2n) is 4.78. The second kappa shape index (κ2) is 6.80. The van der Waals surface area contributed by atoms with Crippen molar-refractivity contribution in [1.82, 2.24) is 4.90 Å². The van der Waals surface area contributed by atoms with E-state index >= 15 is 0 Å². The molecule has 0 saturated heterocycles. The first-order chi connectivity index (χ1) is 6.84. The van der Waals surface area contributed by atoms with E-state index in [0.29, 0.717) is 18.4 Å². The van der Waals surface area contributed by atoms with Gasteiger partial charge in [0.1, 0.15) is 0 Å². The Hall–Kier alpha value is -0.610. The highest BCUT2D eigenvalue weighted by atomic mass is 16.1. The number of nitrogens with zero attached hydrogens (tertiary/aromatic N) is 1. The van der Waals surface area contributed by atoms with Crippen molar-refractivity contribution in [1.29, 1.82) is 0 Å². The molecule has 0 aliphatic carbocycles. The lowest BCUT2D eigenvalue weighted by atomic mass is 10.1. The fourth-order valence-electron chi connectivity index (χ4n) is 1.48. The zero-order valence-electron chi connectivity index (χ0n) is 10.4. The van der Waals surface area contributed by atoms with Crippen LogP contribution in [0.5, 0.6) is 0 Å². The summed E-state index contributed by atoms with van der Waals surface area (Å²) >= 11 is 0. The van der Waals surface area contributed by atoms with Gasteiger partial charge in [0.15, 0.2) is 0 Å². The van der Waals surface area contributed by atoms with Crippen LogP contribution < -0.4 is 11.5 Å². The summed E-state index contributed by atoms with van der Waals surface area (Å²) in [6.07, 6.45) is 0.639. The Kier molecular flexibility index (Phi) is 6.52. The Morgan fingerprint density at radius 3 is 2.13 bits per heavy atom. The smallest absolute Gasteiger partial charge is 0.234 e. The van der Waals surface area contributed by atoms with Gasteiger partial charge in [-0.05, 0) is 26.2 Å². The van der Waals surface area contributed by atoms with Crippen LogP contribution in [0.2, 0.25) is 0 Å². The molecule has 15 heavy (non-hydrogen) atoms. The number of rotatable bonds is 7. The highest BCUT2D eigenvalue weighted by molar-refractivity contribution is 5.79. The van der Waals surface area contributed by atoms with E-state index in [1.807, 2.05) is 0 Å². The van der Waals surface area contributed by atoms with E-state index in [9.17, 15) is 4.79 Å². The number of carbonyl (C=O) groups excluding carboxylic acids is 1. The molecule has 0 aromatic heterocycles. The fourth-order valence-corrected chi connectivity index (χ4v) is 1.48. The van der Waals surface area contributed by atoms with Crippen LogP contribution in [0.15, 0.2) is 0 Å². The summed E-state index contributed by atoms with van der Waals surface area (Å²) in [5, 5.41) is 0. The van der Waals surface area contributed by atoms with E-state index in [1.165, 1.54) is 0 Å². The molecule has 0 aliphatic rings. The lowest BCUT2D eigenvalue weighted by Crippen LogP contribution is -2.42. The lowest BCUT2D eigenvalue weighted by molar-refractivity contribution is -0.119. The maximum Gasteiger partial charge on any atom is 0.234 e. The number of hydrogen-bond donors (Lipinski definition) is 2. The molecule has 1 unspecified atom stereocenters. The summed E-state index contributed by atoms with van der Waals surface area (Å²) in [6.45, 7) is 10.5. The van der Waals surface area contributed by atoms with Gasteiger partial charge in [-0.25, -0.2) is 0 Å². The molecule has 1 amide bonds. The first kappa shape index (κ1) is 14.4. The summed E-state index contributed by atoms with van der Waals surface area (Å²) in [5.41, 5.74) is 10.7. The molecule has 4 nitrogen and oxygen atoms in total. The minimum absolute atomic E-state index is 0.414. The Morgan fingerprint density at radius 2 is 1.80 bits per heavy atom. The monoisotopic (exact) mass is 215 g/mol. The molecule has 4 heteroatoms. The molecule has 90 valence electrons. The van der Waals surface area contributed by atoms with E-state index in [2.05, 4.69) is 32.6 Å². The molecular weight excluding hydrogens is 190 g/mol. The normalized spacial score (nSPS) is 13.9. The van der Waals surface area contributed by atoms with Gasteiger partial charge in [0.25, 0.3) is 0 Å². The van der Waals surface area contributed by atoms with E-state index in [4.69, 9.17) is 11.5 Å². The van der Waals surface area contributed by atoms with Crippen molar-refractivity contribution in [3.63, 3.8) is 0 Å². The third-order valence-corrected chi connectivity index (χ3v) is 2.42. The fraction of sp³-hybridized carbons (Fsp3) is 0.909. The molecule has 0 radical (unpaired) electrons. The molecule has 0 spiro atoms. The van der Waals surface area contributed by atoms with Gasteiger partial charge in [-0.15, -0.1) is 0 Å². The molecule has 0 aromatic rings. The maximum absolute atomic E-state index is 10.8. The van der Waals surface area contributed by atoms with Crippen molar-refractivity contribution < 1.29 is 4.79 Å². The predicted molar refractivity (Wildman–Crippen MR) is 63.3 cm³/mol. The third kappa shape index (κ3) is 6.47. The van der Waals surface area contributed by atoms with Crippen LogP contribution in [0.3, 0.4) is 0 Å². The summed E-state index contributed by atoms with van der Waals surface area (Å²) in [4.78, 5) is 13.1. The summed E-state index contributed by atoms with van der Waals surface area (Å²) in [6, 6.07) is -0.0362. The summed E-state index contributed by atoms with van der Waals surface area (Å²) < 4.78 is 0. The Bertz CT molecular complexity index is 192. The molecule has 0 saturated carbocycles. The highest BCUT2D eigenvalue weighted by Crippen LogP contribution is 2.05. The van der Waals surface area contributed by atoms with E-state index in [-0.39, 0.29) is 0 Å². The van der Waals surface area contributed by atoms with Crippen LogP contribution in [-0.2, 0) is 4.79 Å². The van der Waals surface area contributed by atoms with Gasteiger partial charge in [0.05, 0.1) is 6.04 Å². The molecule has 0 heterocycles. The quantitative estimate of drug-likeness (QED) is 0.651. The predicted octanol–water partition coefficient (Wildman–Crippen LogP) is 0.556. The van der Waals surface area contributed by atoms with Crippen LogP contribution in [0.4, 0.5) is 0 Å². The minimum atomic E-state index is -0.515. The summed E-state index contributed by atoms with van der Waals surface area (Å²) in [7, 11) is 0. The molecule has 0 bridgehead atoms.